The van der Waals surface area contributed by atoms with Gasteiger partial charge in [-0.05, 0) is 30.5 Å². The highest BCUT2D eigenvalue weighted by Gasteiger charge is 2.31. The van der Waals surface area contributed by atoms with Crippen LogP contribution < -0.4 is 10.0 Å². The second kappa shape index (κ2) is 6.55. The van der Waals surface area contributed by atoms with E-state index in [1.165, 1.54) is 12.1 Å². The molecule has 0 spiro atoms. The van der Waals surface area contributed by atoms with Gasteiger partial charge in [0.2, 0.25) is 10.0 Å². The van der Waals surface area contributed by atoms with Crippen LogP contribution >= 0.6 is 0 Å². The van der Waals surface area contributed by atoms with Crippen molar-refractivity contribution in [2.75, 3.05) is 13.1 Å². The molecule has 124 valence electrons. The van der Waals surface area contributed by atoms with E-state index in [1.807, 2.05) is 6.92 Å². The Labute approximate surface area is 128 Å². The molecule has 4 nitrogen and oxygen atoms in total. The second-order valence-electron chi connectivity index (χ2n) is 5.65. The van der Waals surface area contributed by atoms with Gasteiger partial charge in [0.1, 0.15) is 0 Å². The van der Waals surface area contributed by atoms with E-state index in [2.05, 4.69) is 10.0 Å². The van der Waals surface area contributed by atoms with Gasteiger partial charge < -0.3 is 5.32 Å². The highest BCUT2D eigenvalue weighted by Crippen LogP contribution is 2.29. The van der Waals surface area contributed by atoms with Gasteiger partial charge in [-0.3, -0.25) is 0 Å². The zero-order chi connectivity index (χ0) is 16.4. The Bertz CT molecular complexity index is 617. The standard InChI is InChI=1S/C14H19F3N2O2S/c1-10-5-6-18-8-13(10)19-22(20,21)9-11-3-2-4-12(7-11)14(15,16)17/h2-4,7,10,13,18-19H,5-6,8-9H2,1H3. The number of hydrogen-bond donors (Lipinski definition) is 2. The third-order valence-corrected chi connectivity index (χ3v) is 5.14. The minimum absolute atomic E-state index is 0.124. The highest BCUT2D eigenvalue weighted by molar-refractivity contribution is 7.88. The molecule has 0 aromatic heterocycles. The van der Waals surface area contributed by atoms with Gasteiger partial charge in [0, 0.05) is 12.6 Å². The van der Waals surface area contributed by atoms with E-state index in [-0.39, 0.29) is 17.5 Å². The molecule has 2 unspecified atom stereocenters. The Morgan fingerprint density at radius 1 is 1.36 bits per heavy atom. The van der Waals surface area contributed by atoms with Crippen molar-refractivity contribution < 1.29 is 21.6 Å². The molecule has 1 aromatic rings. The van der Waals surface area contributed by atoms with E-state index in [0.717, 1.165) is 25.1 Å². The first-order valence-electron chi connectivity index (χ1n) is 7.04. The van der Waals surface area contributed by atoms with Crippen molar-refractivity contribution >= 4 is 10.0 Å². The summed E-state index contributed by atoms with van der Waals surface area (Å²) >= 11 is 0. The Balaban J connectivity index is 2.08. The lowest BCUT2D eigenvalue weighted by Crippen LogP contribution is -2.50. The van der Waals surface area contributed by atoms with Crippen LogP contribution in [0.3, 0.4) is 0 Å². The molecule has 0 radical (unpaired) electrons. The van der Waals surface area contributed by atoms with E-state index < -0.39 is 27.5 Å². The molecule has 2 rings (SSSR count). The minimum atomic E-state index is -4.48. The summed E-state index contributed by atoms with van der Waals surface area (Å²) in [5.74, 6) is -0.266. The van der Waals surface area contributed by atoms with Crippen LogP contribution in [-0.4, -0.2) is 27.5 Å². The Morgan fingerprint density at radius 2 is 2.09 bits per heavy atom. The van der Waals surface area contributed by atoms with Gasteiger partial charge in [0.15, 0.2) is 0 Å². The summed E-state index contributed by atoms with van der Waals surface area (Å²) in [5.41, 5.74) is -0.716. The molecule has 8 heteroatoms. The summed E-state index contributed by atoms with van der Waals surface area (Å²) < 4.78 is 64.8. The van der Waals surface area contributed by atoms with Crippen LogP contribution in [-0.2, 0) is 22.0 Å². The minimum Gasteiger partial charge on any atom is -0.315 e. The van der Waals surface area contributed by atoms with Gasteiger partial charge in [-0.1, -0.05) is 25.1 Å². The largest absolute Gasteiger partial charge is 0.416 e. The molecular formula is C14H19F3N2O2S. The first-order chi connectivity index (χ1) is 10.2. The zero-order valence-electron chi connectivity index (χ0n) is 12.2. The Hall–Kier alpha value is -1.12. The molecule has 1 saturated heterocycles. The average Bonchev–Trinajstić information content (AvgIpc) is 2.40. The summed E-state index contributed by atoms with van der Waals surface area (Å²) in [7, 11) is -3.69. The molecule has 0 saturated carbocycles. The van der Waals surface area contributed by atoms with Crippen LogP contribution in [0, 0.1) is 5.92 Å². The molecule has 0 bridgehead atoms. The number of halogens is 3. The van der Waals surface area contributed by atoms with Crippen molar-refractivity contribution in [3.05, 3.63) is 35.4 Å². The number of nitrogens with one attached hydrogen (secondary N) is 2. The molecule has 2 N–H and O–H groups in total. The van der Waals surface area contributed by atoms with E-state index in [4.69, 9.17) is 0 Å². The van der Waals surface area contributed by atoms with Crippen LogP contribution in [0.5, 0.6) is 0 Å². The van der Waals surface area contributed by atoms with E-state index in [1.54, 1.807) is 0 Å². The Morgan fingerprint density at radius 3 is 2.73 bits per heavy atom. The van der Waals surface area contributed by atoms with Crippen molar-refractivity contribution in [3.8, 4) is 0 Å². The van der Waals surface area contributed by atoms with E-state index in [0.29, 0.717) is 6.54 Å². The maximum absolute atomic E-state index is 12.7. The molecule has 1 fully saturated rings. The van der Waals surface area contributed by atoms with Crippen LogP contribution in [0.4, 0.5) is 13.2 Å². The van der Waals surface area contributed by atoms with Crippen LogP contribution in [0.25, 0.3) is 0 Å². The summed E-state index contributed by atoms with van der Waals surface area (Å²) in [6.45, 7) is 3.33. The second-order valence-corrected chi connectivity index (χ2v) is 7.41. The Kier molecular flexibility index (Phi) is 5.14. The van der Waals surface area contributed by atoms with Crippen LogP contribution in [0.2, 0.25) is 0 Å². The average molecular weight is 336 g/mol. The molecule has 22 heavy (non-hydrogen) atoms. The number of alkyl halides is 3. The zero-order valence-corrected chi connectivity index (χ0v) is 13.0. The predicted octanol–water partition coefficient (Wildman–Crippen LogP) is 2.12. The summed E-state index contributed by atoms with van der Waals surface area (Å²) in [5, 5.41) is 3.10. The SMILES string of the molecule is CC1CCNCC1NS(=O)(=O)Cc1cccc(C(F)(F)F)c1. The third-order valence-electron chi connectivity index (χ3n) is 3.77. The van der Waals surface area contributed by atoms with Gasteiger partial charge in [-0.25, -0.2) is 13.1 Å². The van der Waals surface area contributed by atoms with Crippen LogP contribution in [0.15, 0.2) is 24.3 Å². The monoisotopic (exact) mass is 336 g/mol. The number of rotatable bonds is 4. The molecule has 0 aliphatic carbocycles. The maximum atomic E-state index is 12.7. The van der Waals surface area contributed by atoms with Gasteiger partial charge >= 0.3 is 6.18 Å². The number of benzene rings is 1. The topological polar surface area (TPSA) is 58.2 Å². The van der Waals surface area contributed by atoms with E-state index in [9.17, 15) is 21.6 Å². The molecule has 1 aliphatic heterocycles. The summed E-state index contributed by atoms with van der Waals surface area (Å²) in [6.07, 6.45) is -3.62. The number of hydrogen-bond acceptors (Lipinski definition) is 3. The fourth-order valence-corrected chi connectivity index (χ4v) is 3.96. The first-order valence-corrected chi connectivity index (χ1v) is 8.69. The predicted molar refractivity (Wildman–Crippen MR) is 77.6 cm³/mol. The van der Waals surface area contributed by atoms with Crippen molar-refractivity contribution in [3.63, 3.8) is 0 Å². The molecule has 1 aromatic carbocycles. The lowest BCUT2D eigenvalue weighted by atomic mass is 9.96. The number of sulfonamides is 1. The van der Waals surface area contributed by atoms with Crippen LogP contribution in [0.1, 0.15) is 24.5 Å². The number of piperidine rings is 1. The summed E-state index contributed by atoms with van der Waals surface area (Å²) in [6, 6.07) is 4.18. The lowest BCUT2D eigenvalue weighted by Gasteiger charge is -2.30. The molecule has 1 heterocycles. The van der Waals surface area contributed by atoms with Gasteiger partial charge in [-0.15, -0.1) is 0 Å². The summed E-state index contributed by atoms with van der Waals surface area (Å²) in [4.78, 5) is 0. The molecule has 2 atom stereocenters. The highest BCUT2D eigenvalue weighted by atomic mass is 32.2. The van der Waals surface area contributed by atoms with Gasteiger partial charge in [0.05, 0.1) is 11.3 Å². The fourth-order valence-electron chi connectivity index (χ4n) is 2.48. The van der Waals surface area contributed by atoms with Gasteiger partial charge in [-0.2, -0.15) is 13.2 Å². The molecular weight excluding hydrogens is 317 g/mol. The van der Waals surface area contributed by atoms with Gasteiger partial charge in [0.25, 0.3) is 0 Å². The third kappa shape index (κ3) is 4.69. The lowest BCUT2D eigenvalue weighted by molar-refractivity contribution is -0.137. The maximum Gasteiger partial charge on any atom is 0.416 e. The van der Waals surface area contributed by atoms with Crippen molar-refractivity contribution in [1.82, 2.24) is 10.0 Å². The molecule has 1 aliphatic rings. The van der Waals surface area contributed by atoms with Crippen molar-refractivity contribution in [1.29, 1.82) is 0 Å². The quantitative estimate of drug-likeness (QED) is 0.885. The van der Waals surface area contributed by atoms with E-state index >= 15 is 0 Å². The fraction of sp³-hybridized carbons (Fsp3) is 0.571. The normalized spacial score (nSPS) is 23.5. The van der Waals surface area contributed by atoms with Crippen molar-refractivity contribution in [2.24, 2.45) is 5.92 Å². The smallest absolute Gasteiger partial charge is 0.315 e. The first kappa shape index (κ1) is 17.2. The van der Waals surface area contributed by atoms with Crippen molar-refractivity contribution in [2.45, 2.75) is 31.3 Å². The molecule has 0 amide bonds.